The fraction of sp³-hybridized carbons (Fsp3) is 0.353. The number of hydrogen-bond donors (Lipinski definition) is 0. The standard InChI is InChI=1S/C17H15F6N3O2S/c1-4-29(27,28)13-5-11(16(18,19)20)8-25-15(13)10(3)26-12-6-14(17(21,22)23)24-7-9(12)2/h5-8H,4H2,1-3H3. The van der Waals surface area contributed by atoms with Crippen molar-refractivity contribution in [3.63, 3.8) is 0 Å². The number of aromatic nitrogens is 2. The van der Waals surface area contributed by atoms with Crippen LogP contribution in [-0.2, 0) is 22.2 Å². The lowest BCUT2D eigenvalue weighted by molar-refractivity contribution is -0.141. The number of aliphatic imine (C=N–C) groups is 1. The summed E-state index contributed by atoms with van der Waals surface area (Å²) in [6.07, 6.45) is -8.16. The predicted molar refractivity (Wildman–Crippen MR) is 92.8 cm³/mol. The van der Waals surface area contributed by atoms with Crippen molar-refractivity contribution in [1.29, 1.82) is 0 Å². The number of sulfone groups is 1. The molecule has 0 saturated carbocycles. The summed E-state index contributed by atoms with van der Waals surface area (Å²) >= 11 is 0. The molecular weight excluding hydrogens is 424 g/mol. The second-order valence-electron chi connectivity index (χ2n) is 6.02. The third-order valence-corrected chi connectivity index (χ3v) is 5.63. The summed E-state index contributed by atoms with van der Waals surface area (Å²) in [5, 5.41) is 0. The van der Waals surface area contributed by atoms with Crippen molar-refractivity contribution in [1.82, 2.24) is 9.97 Å². The summed E-state index contributed by atoms with van der Waals surface area (Å²) in [6, 6.07) is 1.11. The Labute approximate surface area is 162 Å². The highest BCUT2D eigenvalue weighted by atomic mass is 32.2. The third kappa shape index (κ3) is 5.11. The number of rotatable bonds is 4. The molecule has 0 spiro atoms. The Morgan fingerprint density at radius 1 is 1.03 bits per heavy atom. The van der Waals surface area contributed by atoms with Crippen LogP contribution >= 0.6 is 0 Å². The van der Waals surface area contributed by atoms with Crippen LogP contribution in [0.15, 0.2) is 34.4 Å². The molecular formula is C17H15F6N3O2S. The molecule has 0 amide bonds. The fourth-order valence-corrected chi connectivity index (χ4v) is 3.40. The minimum absolute atomic E-state index is 0.159. The van der Waals surface area contributed by atoms with Crippen LogP contribution in [0, 0.1) is 6.92 Å². The van der Waals surface area contributed by atoms with Gasteiger partial charge in [-0.25, -0.2) is 8.42 Å². The summed E-state index contributed by atoms with van der Waals surface area (Å²) in [6.45, 7) is 3.93. The van der Waals surface area contributed by atoms with Crippen molar-refractivity contribution in [3.8, 4) is 0 Å². The van der Waals surface area contributed by atoms with Crippen LogP contribution in [0.5, 0.6) is 0 Å². The van der Waals surface area contributed by atoms with E-state index in [4.69, 9.17) is 0 Å². The molecule has 0 aromatic carbocycles. The monoisotopic (exact) mass is 439 g/mol. The van der Waals surface area contributed by atoms with E-state index in [1.165, 1.54) is 20.8 Å². The van der Waals surface area contributed by atoms with Crippen molar-refractivity contribution in [2.45, 2.75) is 38.0 Å². The molecule has 2 heterocycles. The van der Waals surface area contributed by atoms with Crippen molar-refractivity contribution >= 4 is 21.2 Å². The Bertz CT molecular complexity index is 1060. The van der Waals surface area contributed by atoms with Gasteiger partial charge in [0.15, 0.2) is 9.84 Å². The first-order chi connectivity index (χ1) is 13.2. The summed E-state index contributed by atoms with van der Waals surface area (Å²) in [5.41, 5.74) is -2.91. The summed E-state index contributed by atoms with van der Waals surface area (Å²) < 4.78 is 102. The summed E-state index contributed by atoms with van der Waals surface area (Å²) in [7, 11) is -4.13. The second-order valence-corrected chi connectivity index (χ2v) is 8.27. The second kappa shape index (κ2) is 7.73. The molecule has 5 nitrogen and oxygen atoms in total. The lowest BCUT2D eigenvalue weighted by Crippen LogP contribution is -2.15. The number of hydrogen-bond acceptors (Lipinski definition) is 5. The molecule has 29 heavy (non-hydrogen) atoms. The zero-order valence-electron chi connectivity index (χ0n) is 15.4. The van der Waals surface area contributed by atoms with E-state index in [1.54, 1.807) is 0 Å². The lowest BCUT2D eigenvalue weighted by Gasteiger charge is -2.13. The quantitative estimate of drug-likeness (QED) is 0.509. The Morgan fingerprint density at radius 2 is 1.66 bits per heavy atom. The van der Waals surface area contributed by atoms with Gasteiger partial charge in [0, 0.05) is 12.4 Å². The van der Waals surface area contributed by atoms with Crippen LogP contribution < -0.4 is 0 Å². The van der Waals surface area contributed by atoms with Crippen LogP contribution in [-0.4, -0.2) is 29.9 Å². The molecule has 158 valence electrons. The molecule has 0 saturated heterocycles. The highest BCUT2D eigenvalue weighted by Crippen LogP contribution is 2.33. The maximum absolute atomic E-state index is 13.0. The smallest absolute Gasteiger partial charge is 0.253 e. The van der Waals surface area contributed by atoms with Gasteiger partial charge in [-0.3, -0.25) is 15.0 Å². The van der Waals surface area contributed by atoms with Gasteiger partial charge in [0.25, 0.3) is 0 Å². The minimum Gasteiger partial charge on any atom is -0.253 e. The Morgan fingerprint density at radius 3 is 2.17 bits per heavy atom. The van der Waals surface area contributed by atoms with E-state index in [0.29, 0.717) is 18.3 Å². The normalized spacial score (nSPS) is 13.6. The largest absolute Gasteiger partial charge is 0.433 e. The average Bonchev–Trinajstić information content (AvgIpc) is 2.61. The first kappa shape index (κ1) is 22.8. The maximum atomic E-state index is 13.0. The van der Waals surface area contributed by atoms with Gasteiger partial charge in [0.2, 0.25) is 0 Å². The van der Waals surface area contributed by atoms with Gasteiger partial charge in [0.1, 0.15) is 11.4 Å². The molecule has 2 aromatic rings. The third-order valence-electron chi connectivity index (χ3n) is 3.89. The zero-order valence-corrected chi connectivity index (χ0v) is 16.2. The topological polar surface area (TPSA) is 72.3 Å². The highest BCUT2D eigenvalue weighted by molar-refractivity contribution is 7.91. The molecule has 0 radical (unpaired) electrons. The van der Waals surface area contributed by atoms with Crippen LogP contribution in [0.2, 0.25) is 0 Å². The van der Waals surface area contributed by atoms with E-state index in [2.05, 4.69) is 15.0 Å². The van der Waals surface area contributed by atoms with Crippen molar-refractivity contribution < 1.29 is 34.8 Å². The highest BCUT2D eigenvalue weighted by Gasteiger charge is 2.34. The summed E-state index contributed by atoms with van der Waals surface area (Å²) in [4.78, 5) is 10.1. The molecule has 2 aromatic heterocycles. The molecule has 0 N–H and O–H groups in total. The number of halogens is 6. The molecule has 0 aliphatic rings. The van der Waals surface area contributed by atoms with Gasteiger partial charge in [-0.1, -0.05) is 6.92 Å². The average molecular weight is 439 g/mol. The zero-order chi connectivity index (χ0) is 22.2. The molecule has 0 aliphatic carbocycles. The van der Waals surface area contributed by atoms with Gasteiger partial charge in [-0.05, 0) is 31.5 Å². The fourth-order valence-electron chi connectivity index (χ4n) is 2.29. The van der Waals surface area contributed by atoms with Crippen molar-refractivity contribution in [2.24, 2.45) is 4.99 Å². The molecule has 0 aliphatic heterocycles. The molecule has 0 fully saturated rings. The van der Waals surface area contributed by atoms with Crippen LogP contribution in [0.1, 0.15) is 36.4 Å². The molecule has 2 rings (SSSR count). The Balaban J connectivity index is 2.68. The van der Waals surface area contributed by atoms with E-state index >= 15 is 0 Å². The molecule has 12 heteroatoms. The number of aryl methyl sites for hydroxylation is 1. The van der Waals surface area contributed by atoms with Gasteiger partial charge >= 0.3 is 12.4 Å². The predicted octanol–water partition coefficient (Wildman–Crippen LogP) is 4.76. The number of nitrogens with zero attached hydrogens (tertiary/aromatic N) is 3. The van der Waals surface area contributed by atoms with E-state index in [0.717, 1.165) is 6.20 Å². The Hall–Kier alpha value is -2.50. The van der Waals surface area contributed by atoms with E-state index in [9.17, 15) is 34.8 Å². The van der Waals surface area contributed by atoms with E-state index in [-0.39, 0.29) is 22.7 Å². The van der Waals surface area contributed by atoms with Crippen molar-refractivity contribution in [3.05, 3.63) is 47.0 Å². The first-order valence-corrected chi connectivity index (χ1v) is 9.71. The maximum Gasteiger partial charge on any atom is 0.433 e. The van der Waals surface area contributed by atoms with Crippen LogP contribution in [0.25, 0.3) is 0 Å². The van der Waals surface area contributed by atoms with Crippen LogP contribution in [0.4, 0.5) is 32.0 Å². The van der Waals surface area contributed by atoms with Gasteiger partial charge in [-0.2, -0.15) is 26.3 Å². The van der Waals surface area contributed by atoms with Crippen LogP contribution in [0.3, 0.4) is 0 Å². The Kier molecular flexibility index (Phi) is 6.07. The summed E-state index contributed by atoms with van der Waals surface area (Å²) in [5.74, 6) is -0.497. The molecule has 0 unspecified atom stereocenters. The molecule has 0 bridgehead atoms. The first-order valence-electron chi connectivity index (χ1n) is 8.06. The van der Waals surface area contributed by atoms with E-state index < -0.39 is 44.1 Å². The minimum atomic E-state index is -4.82. The molecule has 0 atom stereocenters. The lowest BCUT2D eigenvalue weighted by atomic mass is 10.2. The SMILES string of the molecule is CCS(=O)(=O)c1cc(C(F)(F)F)cnc1C(C)=Nc1cc(C(F)(F)F)ncc1C. The number of alkyl halides is 6. The van der Waals surface area contributed by atoms with Gasteiger partial charge < -0.3 is 0 Å². The van der Waals surface area contributed by atoms with Gasteiger partial charge in [0.05, 0.1) is 27.6 Å². The van der Waals surface area contributed by atoms with E-state index in [1.807, 2.05) is 0 Å². The number of pyridine rings is 2. The van der Waals surface area contributed by atoms with Gasteiger partial charge in [-0.15, -0.1) is 0 Å². The van der Waals surface area contributed by atoms with Crippen molar-refractivity contribution in [2.75, 3.05) is 5.75 Å².